The van der Waals surface area contributed by atoms with Crippen LogP contribution in [0.15, 0.2) is 72.8 Å². The molecule has 170 valence electrons. The topological polar surface area (TPSA) is 49.9 Å². The quantitative estimate of drug-likeness (QED) is 0.454. The van der Waals surface area contributed by atoms with Crippen LogP contribution in [0.1, 0.15) is 32.4 Å². The van der Waals surface area contributed by atoms with E-state index in [0.29, 0.717) is 29.4 Å². The summed E-state index contributed by atoms with van der Waals surface area (Å²) >= 11 is 7.59. The molecule has 0 bridgehead atoms. The van der Waals surface area contributed by atoms with Gasteiger partial charge < -0.3 is 14.5 Å². The van der Waals surface area contributed by atoms with Gasteiger partial charge in [0.05, 0.1) is 12.9 Å². The van der Waals surface area contributed by atoms with Gasteiger partial charge in [-0.1, -0.05) is 48.0 Å². The van der Waals surface area contributed by atoms with Gasteiger partial charge in [-0.15, -0.1) is 11.8 Å². The lowest BCUT2D eigenvalue weighted by molar-refractivity contribution is -0.128. The summed E-state index contributed by atoms with van der Waals surface area (Å²) < 4.78 is 5.18. The molecule has 0 aromatic heterocycles. The molecule has 0 unspecified atom stereocenters. The van der Waals surface area contributed by atoms with E-state index >= 15 is 0 Å². The van der Waals surface area contributed by atoms with Crippen LogP contribution >= 0.6 is 23.4 Å². The molecule has 1 aliphatic rings. The second-order valence-corrected chi connectivity index (χ2v) is 9.45. The second kappa shape index (κ2) is 10.3. The lowest BCUT2D eigenvalue weighted by Gasteiger charge is -2.25. The van der Waals surface area contributed by atoms with Crippen LogP contribution in [0.4, 0.5) is 0 Å². The number of benzene rings is 3. The van der Waals surface area contributed by atoms with Crippen LogP contribution in [-0.2, 0) is 17.9 Å². The molecule has 1 saturated heterocycles. The van der Waals surface area contributed by atoms with Crippen LogP contribution in [0.25, 0.3) is 0 Å². The Labute approximate surface area is 203 Å². The molecule has 3 aromatic rings. The Morgan fingerprint density at radius 2 is 1.67 bits per heavy atom. The fourth-order valence-corrected chi connectivity index (χ4v) is 5.09. The smallest absolute Gasteiger partial charge is 0.253 e. The first-order valence-corrected chi connectivity index (χ1v) is 12.0. The van der Waals surface area contributed by atoms with E-state index in [1.54, 1.807) is 30.8 Å². The maximum atomic E-state index is 12.9. The Kier molecular flexibility index (Phi) is 7.26. The Bertz CT molecular complexity index is 1120. The molecule has 0 aliphatic carbocycles. The predicted molar refractivity (Wildman–Crippen MR) is 132 cm³/mol. The fraction of sp³-hybridized carbons (Fsp3) is 0.231. The maximum Gasteiger partial charge on any atom is 0.253 e. The first-order chi connectivity index (χ1) is 15.9. The first-order valence-electron chi connectivity index (χ1n) is 10.6. The van der Waals surface area contributed by atoms with Gasteiger partial charge in [-0.05, 0) is 53.1 Å². The van der Waals surface area contributed by atoms with Crippen LogP contribution in [0.2, 0.25) is 5.02 Å². The minimum Gasteiger partial charge on any atom is -0.497 e. The molecular formula is C26H25ClN2O3S. The molecule has 0 N–H and O–H groups in total. The normalized spacial score (nSPS) is 15.5. The molecule has 33 heavy (non-hydrogen) atoms. The molecule has 4 rings (SSSR count). The highest BCUT2D eigenvalue weighted by molar-refractivity contribution is 8.00. The minimum atomic E-state index is -0.0747. The number of amides is 2. The van der Waals surface area contributed by atoms with Gasteiger partial charge in [0.2, 0.25) is 5.91 Å². The highest BCUT2D eigenvalue weighted by Gasteiger charge is 2.32. The second-order valence-electron chi connectivity index (χ2n) is 7.94. The van der Waals surface area contributed by atoms with Crippen molar-refractivity contribution in [1.29, 1.82) is 0 Å². The monoisotopic (exact) mass is 480 g/mol. The molecule has 1 aliphatic heterocycles. The average Bonchev–Trinajstić information content (AvgIpc) is 3.20. The van der Waals surface area contributed by atoms with Gasteiger partial charge in [-0.3, -0.25) is 9.59 Å². The summed E-state index contributed by atoms with van der Waals surface area (Å²) in [5.74, 6) is 1.30. The van der Waals surface area contributed by atoms with Gasteiger partial charge in [0.25, 0.3) is 5.91 Å². The summed E-state index contributed by atoms with van der Waals surface area (Å²) in [6.07, 6.45) is 0. The van der Waals surface area contributed by atoms with Gasteiger partial charge in [0, 0.05) is 30.7 Å². The molecule has 0 spiro atoms. The number of nitrogens with zero attached hydrogens (tertiary/aromatic N) is 2. The molecule has 0 saturated carbocycles. The van der Waals surface area contributed by atoms with Gasteiger partial charge >= 0.3 is 0 Å². The molecule has 1 fully saturated rings. The number of carbonyl (C=O) groups excluding carboxylic acids is 2. The van der Waals surface area contributed by atoms with Crippen molar-refractivity contribution in [2.45, 2.75) is 18.5 Å². The summed E-state index contributed by atoms with van der Waals surface area (Å²) in [5, 5.41) is 0.601. The number of hydrogen-bond acceptors (Lipinski definition) is 4. The highest BCUT2D eigenvalue weighted by atomic mass is 35.5. The molecule has 3 aromatic carbocycles. The van der Waals surface area contributed by atoms with Gasteiger partial charge in [-0.25, -0.2) is 0 Å². The number of ether oxygens (including phenoxy) is 1. The van der Waals surface area contributed by atoms with E-state index < -0.39 is 0 Å². The number of methoxy groups -OCH3 is 1. The van der Waals surface area contributed by atoms with Crippen molar-refractivity contribution in [1.82, 2.24) is 9.80 Å². The van der Waals surface area contributed by atoms with E-state index in [1.165, 1.54) is 0 Å². The van der Waals surface area contributed by atoms with Crippen molar-refractivity contribution in [2.24, 2.45) is 0 Å². The summed E-state index contributed by atoms with van der Waals surface area (Å²) in [7, 11) is 3.42. The SMILES string of the molecule is COc1ccc(CN(C)C(=O)c2ccc([C@H]3SCC(=O)N3Cc3ccc(Cl)cc3)cc2)cc1. The number of rotatable bonds is 7. The molecule has 2 amide bonds. The van der Waals surface area contributed by atoms with E-state index in [0.717, 1.165) is 22.4 Å². The van der Waals surface area contributed by atoms with Crippen LogP contribution in [0.3, 0.4) is 0 Å². The van der Waals surface area contributed by atoms with Gasteiger partial charge in [0.15, 0.2) is 0 Å². The lowest BCUT2D eigenvalue weighted by atomic mass is 10.1. The van der Waals surface area contributed by atoms with Crippen LogP contribution in [-0.4, -0.2) is 41.5 Å². The third kappa shape index (κ3) is 5.52. The molecule has 5 nitrogen and oxygen atoms in total. The van der Waals surface area contributed by atoms with E-state index in [2.05, 4.69) is 0 Å². The van der Waals surface area contributed by atoms with E-state index in [4.69, 9.17) is 16.3 Å². The minimum absolute atomic E-state index is 0.0504. The van der Waals surface area contributed by atoms with Gasteiger partial charge in [-0.2, -0.15) is 0 Å². The van der Waals surface area contributed by atoms with Crippen molar-refractivity contribution < 1.29 is 14.3 Å². The molecule has 0 radical (unpaired) electrons. The first kappa shape index (κ1) is 23.2. The zero-order valence-corrected chi connectivity index (χ0v) is 20.1. The van der Waals surface area contributed by atoms with E-state index in [-0.39, 0.29) is 17.2 Å². The zero-order chi connectivity index (χ0) is 23.4. The number of hydrogen-bond donors (Lipinski definition) is 0. The standard InChI is InChI=1S/C26H25ClN2O3S/c1-28(15-18-5-13-23(32-2)14-6-18)25(31)20-7-9-21(10-8-20)26-29(24(30)17-33-26)16-19-3-11-22(27)12-4-19/h3-14,26H,15-17H2,1-2H3/t26-/m1/s1. The third-order valence-corrected chi connectivity index (χ3v) is 7.11. The van der Waals surface area contributed by atoms with E-state index in [9.17, 15) is 9.59 Å². The number of halogens is 1. The molecular weight excluding hydrogens is 456 g/mol. The average molecular weight is 481 g/mol. The lowest BCUT2D eigenvalue weighted by Crippen LogP contribution is -2.28. The molecule has 7 heteroatoms. The van der Waals surface area contributed by atoms with Crippen molar-refractivity contribution >= 4 is 35.2 Å². The fourth-order valence-electron chi connectivity index (χ4n) is 3.77. The van der Waals surface area contributed by atoms with Gasteiger partial charge in [0.1, 0.15) is 11.1 Å². The summed E-state index contributed by atoms with van der Waals surface area (Å²) in [5.41, 5.74) is 3.69. The maximum absolute atomic E-state index is 12.9. The van der Waals surface area contributed by atoms with Crippen LogP contribution in [0.5, 0.6) is 5.75 Å². The van der Waals surface area contributed by atoms with Crippen LogP contribution in [0, 0.1) is 0 Å². The zero-order valence-electron chi connectivity index (χ0n) is 18.5. The molecule has 1 atom stereocenters. The van der Waals surface area contributed by atoms with Crippen molar-refractivity contribution in [2.75, 3.05) is 19.9 Å². The van der Waals surface area contributed by atoms with Crippen molar-refractivity contribution in [3.05, 3.63) is 100 Å². The number of thioether (sulfide) groups is 1. The Morgan fingerprint density at radius 3 is 2.30 bits per heavy atom. The Morgan fingerprint density at radius 1 is 1.03 bits per heavy atom. The van der Waals surface area contributed by atoms with Crippen LogP contribution < -0.4 is 4.74 Å². The number of carbonyl (C=O) groups is 2. The third-order valence-electron chi connectivity index (χ3n) is 5.60. The molecule has 1 heterocycles. The van der Waals surface area contributed by atoms with Crippen molar-refractivity contribution in [3.63, 3.8) is 0 Å². The highest BCUT2D eigenvalue weighted by Crippen LogP contribution is 2.39. The Hall–Kier alpha value is -2.96. The summed E-state index contributed by atoms with van der Waals surface area (Å²) in [6, 6.07) is 22.8. The predicted octanol–water partition coefficient (Wildman–Crippen LogP) is 5.40. The summed E-state index contributed by atoms with van der Waals surface area (Å²) in [4.78, 5) is 29.0. The summed E-state index contributed by atoms with van der Waals surface area (Å²) in [6.45, 7) is 1.03. The largest absolute Gasteiger partial charge is 0.497 e. The van der Waals surface area contributed by atoms with E-state index in [1.807, 2.05) is 77.7 Å². The van der Waals surface area contributed by atoms with Crippen molar-refractivity contribution in [3.8, 4) is 5.75 Å². The Balaban J connectivity index is 1.43.